The monoisotopic (exact) mass is 510 g/mol. The molecule has 2 aromatic carbocycles. The highest BCUT2D eigenvalue weighted by atomic mass is 32.1. The molecule has 0 spiro atoms. The zero-order valence-electron chi connectivity index (χ0n) is 20.5. The van der Waals surface area contributed by atoms with Crippen LogP contribution in [0.4, 0.5) is 0 Å². The number of aromatic nitrogens is 1. The van der Waals surface area contributed by atoms with Crippen LogP contribution in [-0.2, 0) is 9.53 Å². The first-order chi connectivity index (χ1) is 17.3. The second kappa shape index (κ2) is 10.3. The molecule has 1 aromatic heterocycles. The number of hydrogen-bond donors (Lipinski definition) is 1. The molecule has 0 aliphatic carbocycles. The molecule has 1 N–H and O–H groups in total. The molecule has 0 saturated heterocycles. The van der Waals surface area contributed by atoms with Crippen molar-refractivity contribution in [2.45, 2.75) is 19.9 Å². The average molecular weight is 511 g/mol. The van der Waals surface area contributed by atoms with Crippen molar-refractivity contribution in [1.29, 1.82) is 0 Å². The van der Waals surface area contributed by atoms with E-state index in [1.165, 1.54) is 43.3 Å². The molecule has 1 aliphatic heterocycles. The van der Waals surface area contributed by atoms with E-state index in [2.05, 4.69) is 4.99 Å². The first-order valence-electron chi connectivity index (χ1n) is 11.1. The second-order valence-corrected chi connectivity index (χ2v) is 8.86. The van der Waals surface area contributed by atoms with Crippen molar-refractivity contribution in [3.05, 3.63) is 78.5 Å². The number of thiazole rings is 1. The number of aromatic hydroxyl groups is 1. The molecule has 9 nitrogen and oxygen atoms in total. The third-order valence-electron chi connectivity index (χ3n) is 5.74. The lowest BCUT2D eigenvalue weighted by Gasteiger charge is -2.25. The molecule has 0 amide bonds. The van der Waals surface area contributed by atoms with Gasteiger partial charge in [-0.05, 0) is 55.3 Å². The maximum atomic E-state index is 13.7. The lowest BCUT2D eigenvalue weighted by Crippen LogP contribution is -2.39. The summed E-state index contributed by atoms with van der Waals surface area (Å²) in [5.41, 5.74) is 1.65. The molecule has 1 aliphatic rings. The van der Waals surface area contributed by atoms with Crippen LogP contribution >= 0.6 is 11.3 Å². The van der Waals surface area contributed by atoms with Crippen LogP contribution < -0.4 is 29.1 Å². The standard InChI is InChI=1S/C26H26N2O7S/c1-6-35-25(31)22-14(2)27-26-28(23(22)16-8-10-19(33-4)20(13-16)34-5)24(30)21(36-26)12-15-7-9-18(32-3)17(29)11-15/h7-13,23,29H,6H2,1-5H3/b21-12-/t23-/m1/s1. The minimum atomic E-state index is -0.786. The van der Waals surface area contributed by atoms with E-state index in [4.69, 9.17) is 18.9 Å². The maximum absolute atomic E-state index is 13.7. The lowest BCUT2D eigenvalue weighted by molar-refractivity contribution is -0.139. The first-order valence-corrected chi connectivity index (χ1v) is 11.9. The molecule has 0 saturated carbocycles. The van der Waals surface area contributed by atoms with Gasteiger partial charge in [-0.2, -0.15) is 0 Å². The van der Waals surface area contributed by atoms with Gasteiger partial charge in [0.05, 0.1) is 49.8 Å². The molecule has 1 atom stereocenters. The third kappa shape index (κ3) is 4.47. The largest absolute Gasteiger partial charge is 0.504 e. The van der Waals surface area contributed by atoms with E-state index >= 15 is 0 Å². The Morgan fingerprint density at radius 2 is 1.78 bits per heavy atom. The van der Waals surface area contributed by atoms with Gasteiger partial charge in [-0.25, -0.2) is 9.79 Å². The smallest absolute Gasteiger partial charge is 0.338 e. The normalized spacial score (nSPS) is 15.2. The van der Waals surface area contributed by atoms with Gasteiger partial charge in [0.1, 0.15) is 0 Å². The van der Waals surface area contributed by atoms with Crippen LogP contribution in [0.1, 0.15) is 31.0 Å². The zero-order chi connectivity index (χ0) is 26.0. The molecule has 3 aromatic rings. The molecule has 0 radical (unpaired) electrons. The summed E-state index contributed by atoms with van der Waals surface area (Å²) < 4.78 is 23.1. The molecule has 36 heavy (non-hydrogen) atoms. The van der Waals surface area contributed by atoms with Crippen LogP contribution in [-0.4, -0.2) is 43.6 Å². The number of esters is 1. The number of carbonyl (C=O) groups is 1. The van der Waals surface area contributed by atoms with Crippen LogP contribution in [0.25, 0.3) is 6.08 Å². The lowest BCUT2D eigenvalue weighted by atomic mass is 9.95. The number of phenols is 1. The molecule has 0 bridgehead atoms. The topological polar surface area (TPSA) is 109 Å². The van der Waals surface area contributed by atoms with E-state index in [9.17, 15) is 14.7 Å². The average Bonchev–Trinajstić information content (AvgIpc) is 3.17. The van der Waals surface area contributed by atoms with Gasteiger partial charge in [-0.3, -0.25) is 9.36 Å². The predicted octanol–water partition coefficient (Wildman–Crippen LogP) is 2.53. The number of hydrogen-bond acceptors (Lipinski definition) is 9. The van der Waals surface area contributed by atoms with Gasteiger partial charge in [-0.1, -0.05) is 23.5 Å². The van der Waals surface area contributed by atoms with E-state index < -0.39 is 12.0 Å². The summed E-state index contributed by atoms with van der Waals surface area (Å²) in [4.78, 5) is 31.7. The van der Waals surface area contributed by atoms with Crippen LogP contribution in [0.2, 0.25) is 0 Å². The Balaban J connectivity index is 1.95. The summed E-state index contributed by atoms with van der Waals surface area (Å²) in [6.07, 6.45) is 1.66. The van der Waals surface area contributed by atoms with Crippen molar-refractivity contribution in [3.63, 3.8) is 0 Å². The molecular weight excluding hydrogens is 484 g/mol. The number of allylic oxidation sites excluding steroid dienone is 1. The summed E-state index contributed by atoms with van der Waals surface area (Å²) in [6.45, 7) is 3.62. The summed E-state index contributed by atoms with van der Waals surface area (Å²) in [5.74, 6) is 0.724. The minimum Gasteiger partial charge on any atom is -0.504 e. The highest BCUT2D eigenvalue weighted by Crippen LogP contribution is 2.36. The molecular formula is C26H26N2O7S. The van der Waals surface area contributed by atoms with Gasteiger partial charge in [-0.15, -0.1) is 0 Å². The van der Waals surface area contributed by atoms with Gasteiger partial charge >= 0.3 is 5.97 Å². The Labute approximate surface area is 211 Å². The van der Waals surface area contributed by atoms with Crippen molar-refractivity contribution >= 4 is 23.4 Å². The maximum Gasteiger partial charge on any atom is 0.338 e. The van der Waals surface area contributed by atoms with Crippen molar-refractivity contribution in [3.8, 4) is 23.0 Å². The highest BCUT2D eigenvalue weighted by molar-refractivity contribution is 7.07. The summed E-state index contributed by atoms with van der Waals surface area (Å²) >= 11 is 1.19. The number of nitrogens with zero attached hydrogens (tertiary/aromatic N) is 2. The van der Waals surface area contributed by atoms with Crippen LogP contribution in [0.15, 0.2) is 57.5 Å². The Kier molecular flexibility index (Phi) is 7.16. The molecule has 4 rings (SSSR count). The zero-order valence-corrected chi connectivity index (χ0v) is 21.3. The SMILES string of the molecule is CCOC(=O)C1=C(C)N=c2s/c(=C\c3ccc(OC)c(O)c3)c(=O)n2[C@@H]1c1ccc(OC)c(OC)c1. The summed E-state index contributed by atoms with van der Waals surface area (Å²) in [5, 5.41) is 10.1. The second-order valence-electron chi connectivity index (χ2n) is 7.85. The van der Waals surface area contributed by atoms with E-state index in [0.717, 1.165) is 0 Å². The number of phenolic OH excluding ortho intramolecular Hbond substituents is 1. The number of ether oxygens (including phenoxy) is 4. The predicted molar refractivity (Wildman–Crippen MR) is 135 cm³/mol. The first kappa shape index (κ1) is 25.1. The van der Waals surface area contributed by atoms with Crippen molar-refractivity contribution < 1.29 is 28.8 Å². The number of benzene rings is 2. The Bertz CT molecular complexity index is 1530. The van der Waals surface area contributed by atoms with E-state index in [0.29, 0.717) is 43.4 Å². The Hall–Kier alpha value is -4.05. The Morgan fingerprint density at radius 1 is 1.08 bits per heavy atom. The van der Waals surface area contributed by atoms with Crippen LogP contribution in [0.5, 0.6) is 23.0 Å². The van der Waals surface area contributed by atoms with Crippen molar-refractivity contribution in [1.82, 2.24) is 4.57 Å². The van der Waals surface area contributed by atoms with E-state index in [1.807, 2.05) is 0 Å². The third-order valence-corrected chi connectivity index (χ3v) is 6.72. The molecule has 2 heterocycles. The number of rotatable bonds is 7. The van der Waals surface area contributed by atoms with Gasteiger partial charge in [0.2, 0.25) is 0 Å². The fourth-order valence-corrected chi connectivity index (χ4v) is 5.12. The fourth-order valence-electron chi connectivity index (χ4n) is 4.08. The number of carbonyl (C=O) groups excluding carboxylic acids is 1. The number of fused-ring (bicyclic) bond motifs is 1. The van der Waals surface area contributed by atoms with Gasteiger partial charge < -0.3 is 24.1 Å². The summed E-state index contributed by atoms with van der Waals surface area (Å²) in [6, 6.07) is 9.32. The van der Waals surface area contributed by atoms with Crippen LogP contribution in [0, 0.1) is 0 Å². The quantitative estimate of drug-likeness (QED) is 0.487. The molecule has 188 valence electrons. The van der Waals surface area contributed by atoms with E-state index in [1.54, 1.807) is 50.3 Å². The Morgan fingerprint density at radius 3 is 2.42 bits per heavy atom. The van der Waals surface area contributed by atoms with Gasteiger partial charge in [0.25, 0.3) is 5.56 Å². The molecule has 0 fully saturated rings. The van der Waals surface area contributed by atoms with Gasteiger partial charge in [0, 0.05) is 0 Å². The molecule has 0 unspecified atom stereocenters. The molecule has 10 heteroatoms. The fraction of sp³-hybridized carbons (Fsp3) is 0.269. The summed E-state index contributed by atoms with van der Waals surface area (Å²) in [7, 11) is 4.51. The van der Waals surface area contributed by atoms with Crippen molar-refractivity contribution in [2.24, 2.45) is 4.99 Å². The number of methoxy groups -OCH3 is 3. The van der Waals surface area contributed by atoms with E-state index in [-0.39, 0.29) is 23.5 Å². The van der Waals surface area contributed by atoms with Gasteiger partial charge in [0.15, 0.2) is 27.8 Å². The van der Waals surface area contributed by atoms with Crippen LogP contribution in [0.3, 0.4) is 0 Å². The highest BCUT2D eigenvalue weighted by Gasteiger charge is 2.33. The minimum absolute atomic E-state index is 0.0392. The van der Waals surface area contributed by atoms with Crippen molar-refractivity contribution in [2.75, 3.05) is 27.9 Å².